The van der Waals surface area contributed by atoms with Crippen molar-refractivity contribution in [3.63, 3.8) is 0 Å². The minimum Gasteiger partial charge on any atom is -0.493 e. The van der Waals surface area contributed by atoms with Crippen LogP contribution in [-0.4, -0.2) is 13.7 Å². The lowest BCUT2D eigenvalue weighted by molar-refractivity contribution is 0.283. The van der Waals surface area contributed by atoms with E-state index in [9.17, 15) is 4.39 Å². The Balaban J connectivity index is 2.11. The van der Waals surface area contributed by atoms with Gasteiger partial charge in [0.25, 0.3) is 0 Å². The predicted molar refractivity (Wildman–Crippen MR) is 82.3 cm³/mol. The summed E-state index contributed by atoms with van der Waals surface area (Å²) < 4.78 is 20.3. The second kappa shape index (κ2) is 5.86. The highest BCUT2D eigenvalue weighted by atomic mass is 19.1. The van der Waals surface area contributed by atoms with Crippen LogP contribution in [0, 0.1) is 12.7 Å². The summed E-state index contributed by atoms with van der Waals surface area (Å²) in [6.45, 7) is 2.53. The maximum Gasteiger partial charge on any atom is 0.131 e. The molecular formula is C18H20FNO. The Morgan fingerprint density at radius 1 is 1.14 bits per heavy atom. The van der Waals surface area contributed by atoms with Crippen LogP contribution in [0.5, 0.6) is 5.75 Å². The number of rotatable bonds is 3. The molecule has 21 heavy (non-hydrogen) atoms. The molecule has 2 aromatic rings. The molecule has 0 aromatic heterocycles. The molecule has 110 valence electrons. The monoisotopic (exact) mass is 285 g/mol. The first kappa shape index (κ1) is 14.1. The fourth-order valence-corrected chi connectivity index (χ4v) is 3.01. The van der Waals surface area contributed by atoms with E-state index >= 15 is 0 Å². The van der Waals surface area contributed by atoms with E-state index in [1.165, 1.54) is 5.56 Å². The largest absolute Gasteiger partial charge is 0.493 e. The molecular weight excluding hydrogens is 265 g/mol. The Labute approximate surface area is 125 Å². The van der Waals surface area contributed by atoms with Crippen LogP contribution in [0.15, 0.2) is 36.4 Å². The van der Waals surface area contributed by atoms with Gasteiger partial charge in [0.1, 0.15) is 11.6 Å². The van der Waals surface area contributed by atoms with Crippen LogP contribution in [0.1, 0.15) is 34.7 Å². The van der Waals surface area contributed by atoms with Crippen molar-refractivity contribution in [3.8, 4) is 5.75 Å². The molecule has 2 aromatic carbocycles. The average Bonchev–Trinajstić information content (AvgIpc) is 2.52. The van der Waals surface area contributed by atoms with E-state index in [1.54, 1.807) is 13.0 Å². The lowest BCUT2D eigenvalue weighted by Crippen LogP contribution is -2.22. The van der Waals surface area contributed by atoms with Crippen LogP contribution in [-0.2, 0) is 6.42 Å². The fourth-order valence-electron chi connectivity index (χ4n) is 3.01. The summed E-state index contributed by atoms with van der Waals surface area (Å²) >= 11 is 0. The van der Waals surface area contributed by atoms with Gasteiger partial charge in [-0.1, -0.05) is 36.4 Å². The molecule has 1 heterocycles. The molecule has 1 aliphatic heterocycles. The number of benzene rings is 2. The lowest BCUT2D eigenvalue weighted by atomic mass is 9.92. The summed E-state index contributed by atoms with van der Waals surface area (Å²) in [5, 5.41) is 3.23. The van der Waals surface area contributed by atoms with Gasteiger partial charge in [-0.15, -0.1) is 0 Å². The van der Waals surface area contributed by atoms with Crippen LogP contribution >= 0.6 is 0 Å². The summed E-state index contributed by atoms with van der Waals surface area (Å²) in [4.78, 5) is 0. The SMILES string of the molecule is CNC(c1cccc(C)c1F)c1cccc2c1OCCC2. The summed E-state index contributed by atoms with van der Waals surface area (Å²) in [5.74, 6) is 0.772. The first-order valence-corrected chi connectivity index (χ1v) is 7.39. The number of ether oxygens (including phenoxy) is 1. The Bertz CT molecular complexity index is 654. The summed E-state index contributed by atoms with van der Waals surface area (Å²) in [7, 11) is 1.86. The Morgan fingerprint density at radius 3 is 2.71 bits per heavy atom. The topological polar surface area (TPSA) is 21.3 Å². The zero-order chi connectivity index (χ0) is 14.8. The van der Waals surface area contributed by atoms with Crippen LogP contribution in [0.2, 0.25) is 0 Å². The minimum absolute atomic E-state index is 0.148. The van der Waals surface area contributed by atoms with Gasteiger partial charge in [-0.2, -0.15) is 0 Å². The van der Waals surface area contributed by atoms with Gasteiger partial charge in [-0.3, -0.25) is 0 Å². The smallest absolute Gasteiger partial charge is 0.131 e. The van der Waals surface area contributed by atoms with E-state index in [4.69, 9.17) is 4.74 Å². The zero-order valence-corrected chi connectivity index (χ0v) is 12.4. The second-order valence-corrected chi connectivity index (χ2v) is 5.49. The number of aryl methyl sites for hydroxylation is 2. The van der Waals surface area contributed by atoms with E-state index in [1.807, 2.05) is 31.3 Å². The molecule has 1 atom stereocenters. The molecule has 3 heteroatoms. The standard InChI is InChI=1S/C18H20FNO/c1-12-6-3-9-14(16(12)19)17(20-2)15-10-4-7-13-8-5-11-21-18(13)15/h3-4,6-7,9-10,17,20H,5,8,11H2,1-2H3. The number of hydrogen-bond acceptors (Lipinski definition) is 2. The van der Waals surface area contributed by atoms with Crippen LogP contribution < -0.4 is 10.1 Å². The van der Waals surface area contributed by atoms with Gasteiger partial charge in [-0.25, -0.2) is 4.39 Å². The molecule has 3 rings (SSSR count). The number of halogens is 1. The predicted octanol–water partition coefficient (Wildman–Crippen LogP) is 3.77. The molecule has 0 bridgehead atoms. The first-order valence-electron chi connectivity index (χ1n) is 7.39. The maximum atomic E-state index is 14.5. The van der Waals surface area contributed by atoms with Gasteiger partial charge in [-0.05, 0) is 37.9 Å². The molecule has 1 unspecified atom stereocenters. The normalized spacial score (nSPS) is 15.2. The van der Waals surface area contributed by atoms with Gasteiger partial charge in [0.05, 0.1) is 12.6 Å². The highest BCUT2D eigenvalue weighted by Crippen LogP contribution is 2.36. The second-order valence-electron chi connectivity index (χ2n) is 5.49. The van der Waals surface area contributed by atoms with E-state index in [0.29, 0.717) is 11.1 Å². The number of hydrogen-bond donors (Lipinski definition) is 1. The maximum absolute atomic E-state index is 14.5. The lowest BCUT2D eigenvalue weighted by Gasteiger charge is -2.25. The summed E-state index contributed by atoms with van der Waals surface area (Å²) in [6.07, 6.45) is 2.06. The van der Waals surface area contributed by atoms with Crippen LogP contribution in [0.4, 0.5) is 4.39 Å². The van der Waals surface area contributed by atoms with E-state index in [-0.39, 0.29) is 11.9 Å². The molecule has 0 saturated heterocycles. The highest BCUT2D eigenvalue weighted by molar-refractivity contribution is 5.48. The number of nitrogens with one attached hydrogen (secondary N) is 1. The third kappa shape index (κ3) is 2.54. The molecule has 0 saturated carbocycles. The summed E-state index contributed by atoms with van der Waals surface area (Å²) in [5.41, 5.74) is 3.56. The molecule has 0 fully saturated rings. The number of para-hydroxylation sites is 1. The Kier molecular flexibility index (Phi) is 3.93. The molecule has 0 aliphatic carbocycles. The van der Waals surface area contributed by atoms with Gasteiger partial charge in [0, 0.05) is 11.1 Å². The van der Waals surface area contributed by atoms with Gasteiger partial charge >= 0.3 is 0 Å². The Morgan fingerprint density at radius 2 is 1.90 bits per heavy atom. The minimum atomic E-state index is -0.196. The third-order valence-corrected chi connectivity index (χ3v) is 4.10. The third-order valence-electron chi connectivity index (χ3n) is 4.10. The number of fused-ring (bicyclic) bond motifs is 1. The van der Waals surface area contributed by atoms with E-state index in [2.05, 4.69) is 11.4 Å². The van der Waals surface area contributed by atoms with Crippen LogP contribution in [0.3, 0.4) is 0 Å². The quantitative estimate of drug-likeness (QED) is 0.927. The van der Waals surface area contributed by atoms with Gasteiger partial charge in [0.15, 0.2) is 0 Å². The molecule has 0 amide bonds. The van der Waals surface area contributed by atoms with Crippen molar-refractivity contribution in [2.75, 3.05) is 13.7 Å². The van der Waals surface area contributed by atoms with E-state index in [0.717, 1.165) is 30.8 Å². The van der Waals surface area contributed by atoms with Crippen molar-refractivity contribution in [2.45, 2.75) is 25.8 Å². The fraction of sp³-hybridized carbons (Fsp3) is 0.333. The molecule has 1 N–H and O–H groups in total. The molecule has 0 radical (unpaired) electrons. The van der Waals surface area contributed by atoms with Crippen molar-refractivity contribution in [1.82, 2.24) is 5.32 Å². The van der Waals surface area contributed by atoms with Gasteiger partial charge < -0.3 is 10.1 Å². The first-order chi connectivity index (χ1) is 10.2. The van der Waals surface area contributed by atoms with Crippen molar-refractivity contribution >= 4 is 0 Å². The van der Waals surface area contributed by atoms with Crippen molar-refractivity contribution in [1.29, 1.82) is 0 Å². The Hall–Kier alpha value is -1.87. The van der Waals surface area contributed by atoms with Crippen molar-refractivity contribution in [2.24, 2.45) is 0 Å². The average molecular weight is 285 g/mol. The highest BCUT2D eigenvalue weighted by Gasteiger charge is 2.23. The summed E-state index contributed by atoms with van der Waals surface area (Å²) in [6, 6.07) is 11.5. The zero-order valence-electron chi connectivity index (χ0n) is 12.4. The van der Waals surface area contributed by atoms with Crippen molar-refractivity contribution < 1.29 is 9.13 Å². The van der Waals surface area contributed by atoms with Crippen molar-refractivity contribution in [3.05, 3.63) is 64.5 Å². The molecule has 0 spiro atoms. The van der Waals surface area contributed by atoms with E-state index < -0.39 is 0 Å². The molecule has 2 nitrogen and oxygen atoms in total. The van der Waals surface area contributed by atoms with Gasteiger partial charge in [0.2, 0.25) is 0 Å². The molecule has 1 aliphatic rings. The van der Waals surface area contributed by atoms with Crippen LogP contribution in [0.25, 0.3) is 0 Å².